The van der Waals surface area contributed by atoms with Gasteiger partial charge in [-0.05, 0) is 31.2 Å². The lowest BCUT2D eigenvalue weighted by molar-refractivity contribution is -0.384. The Morgan fingerprint density at radius 2 is 1.96 bits per heavy atom. The lowest BCUT2D eigenvalue weighted by atomic mass is 10.1. The summed E-state index contributed by atoms with van der Waals surface area (Å²) in [5, 5.41) is 13.5. The first-order valence-corrected chi connectivity index (χ1v) is 7.40. The van der Waals surface area contributed by atoms with Crippen molar-refractivity contribution in [1.29, 1.82) is 0 Å². The van der Waals surface area contributed by atoms with Crippen LogP contribution in [0.4, 0.5) is 11.4 Å². The molecule has 7 nitrogen and oxygen atoms in total. The van der Waals surface area contributed by atoms with Crippen LogP contribution in [0.15, 0.2) is 36.4 Å². The third-order valence-corrected chi connectivity index (χ3v) is 3.40. The van der Waals surface area contributed by atoms with Crippen molar-refractivity contribution in [3.05, 3.63) is 57.1 Å². The lowest BCUT2D eigenvalue weighted by Crippen LogP contribution is -2.12. The Bertz CT molecular complexity index is 762. The first-order valence-electron chi connectivity index (χ1n) is 7.02. The van der Waals surface area contributed by atoms with Gasteiger partial charge in [0.05, 0.1) is 23.7 Å². The summed E-state index contributed by atoms with van der Waals surface area (Å²) in [5.41, 5.74) is 0.645. The van der Waals surface area contributed by atoms with E-state index in [-0.39, 0.29) is 16.3 Å². The fourth-order valence-electron chi connectivity index (χ4n) is 2.01. The number of benzene rings is 2. The molecule has 1 N–H and O–H groups in total. The number of halogens is 1. The minimum atomic E-state index is -0.511. The minimum absolute atomic E-state index is 0.0567. The molecule has 0 fully saturated rings. The number of methoxy groups -OCH3 is 1. The Balaban J connectivity index is 2.23. The van der Waals surface area contributed by atoms with E-state index < -0.39 is 10.8 Å². The largest absolute Gasteiger partial charge is 0.493 e. The number of nitrogens with one attached hydrogen (secondary N) is 1. The number of non-ortho nitro benzene ring substituents is 1. The number of hydrogen-bond acceptors (Lipinski definition) is 5. The average molecular weight is 351 g/mol. The van der Waals surface area contributed by atoms with Gasteiger partial charge in [0, 0.05) is 23.4 Å². The molecule has 0 atom stereocenters. The number of anilines is 1. The molecule has 0 aromatic heterocycles. The molecular weight excluding hydrogens is 336 g/mol. The topological polar surface area (TPSA) is 90.7 Å². The summed E-state index contributed by atoms with van der Waals surface area (Å²) in [6.07, 6.45) is 0. The Kier molecular flexibility index (Phi) is 5.59. The zero-order valence-electron chi connectivity index (χ0n) is 13.0. The molecule has 2 aromatic rings. The molecule has 0 heterocycles. The third kappa shape index (κ3) is 3.94. The van der Waals surface area contributed by atoms with Crippen molar-refractivity contribution in [3.8, 4) is 11.5 Å². The van der Waals surface area contributed by atoms with Gasteiger partial charge in [-0.15, -0.1) is 0 Å². The molecule has 1 amide bonds. The minimum Gasteiger partial charge on any atom is -0.493 e. The molecule has 0 saturated carbocycles. The predicted molar refractivity (Wildman–Crippen MR) is 90.2 cm³/mol. The molecular formula is C16H15ClN2O5. The summed E-state index contributed by atoms with van der Waals surface area (Å²) in [5.74, 6) is 0.291. The molecule has 0 aliphatic rings. The van der Waals surface area contributed by atoms with Crippen molar-refractivity contribution >= 4 is 28.9 Å². The highest BCUT2D eigenvalue weighted by atomic mass is 35.5. The predicted octanol–water partition coefficient (Wildman–Crippen LogP) is 3.91. The average Bonchev–Trinajstić information content (AvgIpc) is 2.57. The quantitative estimate of drug-likeness (QED) is 0.630. The molecule has 0 bridgehead atoms. The second-order valence-corrected chi connectivity index (χ2v) is 5.09. The van der Waals surface area contributed by atoms with Gasteiger partial charge in [0.25, 0.3) is 11.6 Å². The van der Waals surface area contributed by atoms with Gasteiger partial charge in [0.15, 0.2) is 11.5 Å². The maximum absolute atomic E-state index is 12.3. The summed E-state index contributed by atoms with van der Waals surface area (Å²) in [6, 6.07) is 8.49. The summed E-state index contributed by atoms with van der Waals surface area (Å²) < 4.78 is 10.6. The zero-order valence-corrected chi connectivity index (χ0v) is 13.8. The Morgan fingerprint density at radius 1 is 1.29 bits per heavy atom. The maximum atomic E-state index is 12.3. The van der Waals surface area contributed by atoms with Crippen molar-refractivity contribution in [1.82, 2.24) is 0 Å². The highest BCUT2D eigenvalue weighted by molar-refractivity contribution is 6.32. The summed E-state index contributed by atoms with van der Waals surface area (Å²) in [7, 11) is 1.45. The number of ether oxygens (including phenoxy) is 2. The Morgan fingerprint density at radius 3 is 2.50 bits per heavy atom. The van der Waals surface area contributed by atoms with Gasteiger partial charge in [-0.3, -0.25) is 14.9 Å². The van der Waals surface area contributed by atoms with Gasteiger partial charge in [-0.2, -0.15) is 0 Å². The fourth-order valence-corrected chi connectivity index (χ4v) is 2.27. The van der Waals surface area contributed by atoms with Crippen molar-refractivity contribution < 1.29 is 19.2 Å². The SMILES string of the molecule is CCOc1c(Cl)cc(C(=O)Nc2ccc([N+](=O)[O-])cc2)cc1OC. The van der Waals surface area contributed by atoms with E-state index in [2.05, 4.69) is 5.32 Å². The van der Waals surface area contributed by atoms with Crippen molar-refractivity contribution in [3.63, 3.8) is 0 Å². The van der Waals surface area contributed by atoms with E-state index in [1.54, 1.807) is 0 Å². The molecule has 0 unspecified atom stereocenters. The highest BCUT2D eigenvalue weighted by Crippen LogP contribution is 2.36. The van der Waals surface area contributed by atoms with E-state index in [0.29, 0.717) is 23.8 Å². The number of rotatable bonds is 6. The first-order chi connectivity index (χ1) is 11.5. The van der Waals surface area contributed by atoms with Crippen LogP contribution in [0.2, 0.25) is 5.02 Å². The van der Waals surface area contributed by atoms with E-state index in [0.717, 1.165) is 0 Å². The summed E-state index contributed by atoms with van der Waals surface area (Å²) in [6.45, 7) is 2.22. The van der Waals surface area contributed by atoms with Crippen LogP contribution in [0, 0.1) is 10.1 Å². The second-order valence-electron chi connectivity index (χ2n) is 4.68. The van der Waals surface area contributed by atoms with Crippen LogP contribution in [-0.4, -0.2) is 24.5 Å². The van der Waals surface area contributed by atoms with Crippen LogP contribution in [-0.2, 0) is 0 Å². The van der Waals surface area contributed by atoms with E-state index in [9.17, 15) is 14.9 Å². The summed E-state index contributed by atoms with van der Waals surface area (Å²) >= 11 is 6.13. The van der Waals surface area contributed by atoms with Gasteiger partial charge in [-0.25, -0.2) is 0 Å². The second kappa shape index (κ2) is 7.65. The van der Waals surface area contributed by atoms with Gasteiger partial charge in [0.2, 0.25) is 0 Å². The van der Waals surface area contributed by atoms with Crippen LogP contribution >= 0.6 is 11.6 Å². The normalized spacial score (nSPS) is 10.1. The third-order valence-electron chi connectivity index (χ3n) is 3.12. The molecule has 126 valence electrons. The van der Waals surface area contributed by atoms with Crippen LogP contribution in [0.5, 0.6) is 11.5 Å². The molecule has 24 heavy (non-hydrogen) atoms. The van der Waals surface area contributed by atoms with Crippen molar-refractivity contribution in [2.45, 2.75) is 6.92 Å². The monoisotopic (exact) mass is 350 g/mol. The van der Waals surface area contributed by atoms with Crippen molar-refractivity contribution in [2.24, 2.45) is 0 Å². The van der Waals surface area contributed by atoms with Gasteiger partial charge < -0.3 is 14.8 Å². The van der Waals surface area contributed by atoms with Gasteiger partial charge in [-0.1, -0.05) is 11.6 Å². The van der Waals surface area contributed by atoms with Crippen molar-refractivity contribution in [2.75, 3.05) is 19.0 Å². The molecule has 8 heteroatoms. The summed E-state index contributed by atoms with van der Waals surface area (Å²) in [4.78, 5) is 22.4. The molecule has 0 radical (unpaired) electrons. The van der Waals surface area contributed by atoms with Crippen LogP contribution in [0.1, 0.15) is 17.3 Å². The Hall–Kier alpha value is -2.80. The van der Waals surface area contributed by atoms with Crippen LogP contribution < -0.4 is 14.8 Å². The molecule has 0 spiro atoms. The highest BCUT2D eigenvalue weighted by Gasteiger charge is 2.16. The number of nitrogens with zero attached hydrogens (tertiary/aromatic N) is 1. The maximum Gasteiger partial charge on any atom is 0.269 e. The zero-order chi connectivity index (χ0) is 17.7. The van der Waals surface area contributed by atoms with E-state index in [4.69, 9.17) is 21.1 Å². The standard InChI is InChI=1S/C16H15ClN2O5/c1-3-24-15-13(17)8-10(9-14(15)23-2)16(20)18-11-4-6-12(7-5-11)19(21)22/h4-9H,3H2,1-2H3,(H,18,20). The van der Waals surface area contributed by atoms with Gasteiger partial charge in [0.1, 0.15) is 0 Å². The molecule has 0 saturated heterocycles. The van der Waals surface area contributed by atoms with Gasteiger partial charge >= 0.3 is 0 Å². The molecule has 0 aliphatic carbocycles. The number of hydrogen-bond donors (Lipinski definition) is 1. The number of carbonyl (C=O) groups is 1. The Labute approximate surface area is 143 Å². The molecule has 2 aromatic carbocycles. The van der Waals surface area contributed by atoms with Crippen LogP contribution in [0.3, 0.4) is 0 Å². The number of amides is 1. The smallest absolute Gasteiger partial charge is 0.269 e. The molecule has 0 aliphatic heterocycles. The fraction of sp³-hybridized carbons (Fsp3) is 0.188. The number of nitro groups is 1. The van der Waals surface area contributed by atoms with E-state index in [1.807, 2.05) is 6.92 Å². The lowest BCUT2D eigenvalue weighted by Gasteiger charge is -2.13. The van der Waals surface area contributed by atoms with E-state index in [1.165, 1.54) is 43.5 Å². The van der Waals surface area contributed by atoms with E-state index >= 15 is 0 Å². The molecule has 2 rings (SSSR count). The first kappa shape index (κ1) is 17.6. The van der Waals surface area contributed by atoms with Crippen LogP contribution in [0.25, 0.3) is 0 Å². The number of carbonyl (C=O) groups excluding carboxylic acids is 1. The number of nitro benzene ring substituents is 1.